The molecule has 156 valence electrons. The van der Waals surface area contributed by atoms with Gasteiger partial charge in [-0.1, -0.05) is 72.6 Å². The molecule has 0 unspecified atom stereocenters. The van der Waals surface area contributed by atoms with E-state index in [-0.39, 0.29) is 21.7 Å². The maximum Gasteiger partial charge on any atom is 0.271 e. The number of nitrogens with zero attached hydrogens (tertiary/aromatic N) is 1. The molecule has 28 heavy (non-hydrogen) atoms. The molecule has 1 aromatic rings. The average Bonchev–Trinajstić information content (AvgIpc) is 2.59. The molecule has 0 aliphatic rings. The van der Waals surface area contributed by atoms with E-state index in [4.69, 9.17) is 58.6 Å². The number of nitro groups is 1. The van der Waals surface area contributed by atoms with E-state index >= 15 is 0 Å². The van der Waals surface area contributed by atoms with E-state index in [0.29, 0.717) is 12.1 Å². The fourth-order valence-electron chi connectivity index (χ4n) is 2.15. The van der Waals surface area contributed by atoms with Crippen LogP contribution < -0.4 is 16.0 Å². The Morgan fingerprint density at radius 2 is 1.93 bits per heavy atom. The molecule has 0 saturated heterocycles. The second-order valence-corrected chi connectivity index (χ2v) is 9.06. The minimum atomic E-state index is -1.87. The van der Waals surface area contributed by atoms with Crippen molar-refractivity contribution in [2.24, 2.45) is 0 Å². The van der Waals surface area contributed by atoms with Crippen LogP contribution in [0.25, 0.3) is 0 Å². The van der Waals surface area contributed by atoms with Gasteiger partial charge in [0.2, 0.25) is 9.70 Å². The van der Waals surface area contributed by atoms with Gasteiger partial charge in [-0.15, -0.1) is 0 Å². The lowest BCUT2D eigenvalue weighted by atomic mass is 10.1. The number of anilines is 1. The third-order valence-electron chi connectivity index (χ3n) is 3.58. The Bertz CT molecular complexity index is 716. The van der Waals surface area contributed by atoms with E-state index in [1.165, 1.54) is 18.2 Å². The summed E-state index contributed by atoms with van der Waals surface area (Å²) in [4.78, 5) is 22.3. The lowest BCUT2D eigenvalue weighted by Gasteiger charge is -2.28. The number of hydrogen-bond acceptors (Lipinski definition) is 4. The first-order valence-corrected chi connectivity index (χ1v) is 10.3. The van der Waals surface area contributed by atoms with Crippen LogP contribution >= 0.6 is 58.6 Å². The SMILES string of the molecule is CCCCCCC(=O)N[C@@H](NC(=S)Nc1ccc([N+](=O)[O-])cc1Cl)C(Cl)(Cl)Cl. The second-order valence-electron chi connectivity index (χ2n) is 5.87. The Morgan fingerprint density at radius 3 is 2.46 bits per heavy atom. The van der Waals surface area contributed by atoms with E-state index < -0.39 is 14.9 Å². The molecule has 12 heteroatoms. The third kappa shape index (κ3) is 8.96. The van der Waals surface area contributed by atoms with E-state index in [1.807, 2.05) is 0 Å². The van der Waals surface area contributed by atoms with Crippen molar-refractivity contribution in [3.8, 4) is 0 Å². The number of carbonyl (C=O) groups excluding carboxylic acids is 1. The molecule has 1 rings (SSSR count). The number of carbonyl (C=O) groups is 1. The van der Waals surface area contributed by atoms with Gasteiger partial charge in [-0.3, -0.25) is 14.9 Å². The minimum Gasteiger partial charge on any atom is -0.339 e. The lowest BCUT2D eigenvalue weighted by Crippen LogP contribution is -2.56. The Kier molecular flexibility index (Phi) is 10.5. The molecule has 0 aliphatic carbocycles. The van der Waals surface area contributed by atoms with E-state index in [2.05, 4.69) is 22.9 Å². The normalized spacial score (nSPS) is 12.2. The molecular formula is C16H20Cl4N4O3S. The number of rotatable bonds is 9. The zero-order valence-corrected chi connectivity index (χ0v) is 18.8. The van der Waals surface area contributed by atoms with Gasteiger partial charge >= 0.3 is 0 Å². The predicted octanol–water partition coefficient (Wildman–Crippen LogP) is 5.32. The monoisotopic (exact) mass is 488 g/mol. The van der Waals surface area contributed by atoms with Gasteiger partial charge in [-0.25, -0.2) is 0 Å². The van der Waals surface area contributed by atoms with E-state index in [0.717, 1.165) is 25.7 Å². The molecular weight excluding hydrogens is 470 g/mol. The molecule has 0 bridgehead atoms. The van der Waals surface area contributed by atoms with Gasteiger partial charge < -0.3 is 16.0 Å². The highest BCUT2D eigenvalue weighted by molar-refractivity contribution is 7.80. The van der Waals surface area contributed by atoms with Gasteiger partial charge in [0, 0.05) is 18.6 Å². The molecule has 1 amide bonds. The van der Waals surface area contributed by atoms with Gasteiger partial charge in [0.05, 0.1) is 15.6 Å². The second kappa shape index (κ2) is 11.8. The molecule has 1 atom stereocenters. The van der Waals surface area contributed by atoms with Crippen LogP contribution in [-0.2, 0) is 4.79 Å². The van der Waals surface area contributed by atoms with Gasteiger partial charge in [0.15, 0.2) is 5.11 Å². The van der Waals surface area contributed by atoms with Crippen molar-refractivity contribution in [1.29, 1.82) is 0 Å². The summed E-state index contributed by atoms with van der Waals surface area (Å²) in [6.45, 7) is 2.08. The summed E-state index contributed by atoms with van der Waals surface area (Å²) < 4.78 is -1.87. The van der Waals surface area contributed by atoms with Crippen molar-refractivity contribution in [3.63, 3.8) is 0 Å². The van der Waals surface area contributed by atoms with Gasteiger partial charge in [-0.05, 0) is 24.7 Å². The fourth-order valence-corrected chi connectivity index (χ4v) is 2.93. The Morgan fingerprint density at radius 1 is 1.25 bits per heavy atom. The van der Waals surface area contributed by atoms with Gasteiger partial charge in [0.1, 0.15) is 6.17 Å². The summed E-state index contributed by atoms with van der Waals surface area (Å²) >= 11 is 28.9. The molecule has 0 radical (unpaired) electrons. The van der Waals surface area contributed by atoms with Crippen LogP contribution in [0.4, 0.5) is 11.4 Å². The smallest absolute Gasteiger partial charge is 0.271 e. The predicted molar refractivity (Wildman–Crippen MR) is 118 cm³/mol. The molecule has 0 saturated carbocycles. The number of amides is 1. The summed E-state index contributed by atoms with van der Waals surface area (Å²) in [6, 6.07) is 3.84. The summed E-state index contributed by atoms with van der Waals surface area (Å²) in [5, 5.41) is 18.9. The van der Waals surface area contributed by atoms with E-state index in [1.54, 1.807) is 0 Å². The number of non-ortho nitro benzene ring substituents is 1. The van der Waals surface area contributed by atoms with Crippen molar-refractivity contribution in [2.45, 2.75) is 49.0 Å². The molecule has 0 heterocycles. The minimum absolute atomic E-state index is 0.0124. The van der Waals surface area contributed by atoms with E-state index in [9.17, 15) is 14.9 Å². The van der Waals surface area contributed by atoms with Crippen LogP contribution in [0.1, 0.15) is 39.0 Å². The maximum absolute atomic E-state index is 12.1. The van der Waals surface area contributed by atoms with Gasteiger partial charge in [-0.2, -0.15) is 0 Å². The standard InChI is InChI=1S/C16H20Cl4N4O3S/c1-2-3-4-5-6-13(25)22-14(16(18,19)20)23-15(28)21-12-8-7-10(24(26)27)9-11(12)17/h7-9,14H,2-6H2,1H3,(H,22,25)(H2,21,23,28)/t14-/m0/s1. The number of thiocarbonyl (C=S) groups is 1. The maximum atomic E-state index is 12.1. The lowest BCUT2D eigenvalue weighted by molar-refractivity contribution is -0.384. The first kappa shape index (κ1) is 25.0. The van der Waals surface area contributed by atoms with Crippen molar-refractivity contribution in [3.05, 3.63) is 33.3 Å². The molecule has 0 fully saturated rings. The Hall–Kier alpha value is -1.06. The van der Waals surface area contributed by atoms with Crippen LogP contribution in [-0.4, -0.2) is 25.9 Å². The molecule has 1 aromatic carbocycles. The Labute approximate surface area is 188 Å². The van der Waals surface area contributed by atoms with Gasteiger partial charge in [0.25, 0.3) is 5.69 Å². The molecule has 3 N–H and O–H groups in total. The molecule has 0 spiro atoms. The van der Waals surface area contributed by atoms with Crippen molar-refractivity contribution in [2.75, 3.05) is 5.32 Å². The first-order valence-electron chi connectivity index (χ1n) is 8.42. The number of benzene rings is 1. The number of nitro benzene ring substituents is 1. The number of halogens is 4. The average molecular weight is 490 g/mol. The summed E-state index contributed by atoms with van der Waals surface area (Å²) in [5.74, 6) is -0.281. The molecule has 0 aliphatic heterocycles. The highest BCUT2D eigenvalue weighted by Gasteiger charge is 2.34. The summed E-state index contributed by atoms with van der Waals surface area (Å²) in [7, 11) is 0. The highest BCUT2D eigenvalue weighted by atomic mass is 35.6. The number of alkyl halides is 3. The summed E-state index contributed by atoms with van der Waals surface area (Å²) in [6.07, 6.45) is 2.98. The first-order chi connectivity index (χ1) is 13.0. The number of unbranched alkanes of at least 4 members (excludes halogenated alkanes) is 3. The van der Waals surface area contributed by atoms with Crippen molar-refractivity contribution >= 4 is 81.0 Å². The molecule has 7 nitrogen and oxygen atoms in total. The van der Waals surface area contributed by atoms with Crippen LogP contribution in [0, 0.1) is 10.1 Å². The largest absolute Gasteiger partial charge is 0.339 e. The number of hydrogen-bond donors (Lipinski definition) is 3. The van der Waals surface area contributed by atoms with Crippen molar-refractivity contribution < 1.29 is 9.72 Å². The topological polar surface area (TPSA) is 96.3 Å². The number of nitrogens with one attached hydrogen (secondary N) is 3. The van der Waals surface area contributed by atoms with Crippen LogP contribution in [0.15, 0.2) is 18.2 Å². The quantitative estimate of drug-likeness (QED) is 0.108. The Balaban J connectivity index is 2.70. The summed E-state index contributed by atoms with van der Waals surface area (Å²) in [5.41, 5.74) is 0.155. The third-order valence-corrected chi connectivity index (χ3v) is 4.76. The highest BCUT2D eigenvalue weighted by Crippen LogP contribution is 2.30. The van der Waals surface area contributed by atoms with Crippen LogP contribution in [0.3, 0.4) is 0 Å². The zero-order valence-electron chi connectivity index (χ0n) is 14.9. The van der Waals surface area contributed by atoms with Crippen LogP contribution in [0.2, 0.25) is 5.02 Å². The zero-order chi connectivity index (χ0) is 21.3. The van der Waals surface area contributed by atoms with Crippen molar-refractivity contribution in [1.82, 2.24) is 10.6 Å². The van der Waals surface area contributed by atoms with Crippen LogP contribution in [0.5, 0.6) is 0 Å². The fraction of sp³-hybridized carbons (Fsp3) is 0.500. The molecule has 0 aromatic heterocycles.